The number of rotatable bonds is 10. The van der Waals surface area contributed by atoms with E-state index < -0.39 is 12.0 Å². The molecule has 162 valence electrons. The quantitative estimate of drug-likeness (QED) is 0.285. The fourth-order valence-electron chi connectivity index (χ4n) is 3.99. The van der Waals surface area contributed by atoms with Gasteiger partial charge in [-0.15, -0.1) is 6.58 Å². The van der Waals surface area contributed by atoms with E-state index in [-0.39, 0.29) is 18.8 Å². The minimum absolute atomic E-state index is 0.0467. The van der Waals surface area contributed by atoms with Gasteiger partial charge in [-0.2, -0.15) is 0 Å². The standard InChI is InChI=1S/C26H34FNO2/c1-6-8-9-10-11-20-13-17(3)12-18(4)25(20)21-14-19(5)26(27)22(15-21)23(28)16-24(29)30-7-2/h6,12-15,23H,1,7-11,16,28H2,2-5H3/t23-/m0/s1. The van der Waals surface area contributed by atoms with Gasteiger partial charge in [0.1, 0.15) is 5.82 Å². The third-order valence-electron chi connectivity index (χ3n) is 5.33. The van der Waals surface area contributed by atoms with Crippen LogP contribution in [0.5, 0.6) is 0 Å². The van der Waals surface area contributed by atoms with Crippen LogP contribution >= 0.6 is 0 Å². The number of nitrogens with two attached hydrogens (primary N) is 1. The van der Waals surface area contributed by atoms with Crippen molar-refractivity contribution >= 4 is 5.97 Å². The van der Waals surface area contributed by atoms with E-state index in [0.29, 0.717) is 11.1 Å². The van der Waals surface area contributed by atoms with E-state index in [1.165, 1.54) is 11.1 Å². The number of allylic oxidation sites excluding steroid dienone is 1. The van der Waals surface area contributed by atoms with Crippen LogP contribution in [0.25, 0.3) is 11.1 Å². The number of carbonyl (C=O) groups excluding carboxylic acids is 1. The molecule has 0 spiro atoms. The molecule has 2 aromatic carbocycles. The van der Waals surface area contributed by atoms with Gasteiger partial charge in [-0.1, -0.05) is 23.8 Å². The highest BCUT2D eigenvalue weighted by atomic mass is 19.1. The molecule has 4 heteroatoms. The third kappa shape index (κ3) is 6.02. The lowest BCUT2D eigenvalue weighted by Gasteiger charge is -2.19. The topological polar surface area (TPSA) is 52.3 Å². The predicted octanol–water partition coefficient (Wildman–Crippen LogP) is 6.27. The Morgan fingerprint density at radius 3 is 2.57 bits per heavy atom. The average molecular weight is 412 g/mol. The van der Waals surface area contributed by atoms with Crippen molar-refractivity contribution in [3.8, 4) is 11.1 Å². The summed E-state index contributed by atoms with van der Waals surface area (Å²) in [6.07, 6.45) is 6.01. The minimum Gasteiger partial charge on any atom is -0.466 e. The predicted molar refractivity (Wildman–Crippen MR) is 122 cm³/mol. The summed E-state index contributed by atoms with van der Waals surface area (Å²) in [5.41, 5.74) is 12.8. The molecular weight excluding hydrogens is 377 g/mol. The summed E-state index contributed by atoms with van der Waals surface area (Å²) in [5.74, 6) is -0.769. The van der Waals surface area contributed by atoms with Gasteiger partial charge < -0.3 is 10.5 Å². The number of benzene rings is 2. The fraction of sp³-hybridized carbons (Fsp3) is 0.423. The second kappa shape index (κ2) is 11.1. The van der Waals surface area contributed by atoms with Crippen molar-refractivity contribution in [1.82, 2.24) is 0 Å². The lowest BCUT2D eigenvalue weighted by atomic mass is 9.87. The fourth-order valence-corrected chi connectivity index (χ4v) is 3.99. The Bertz CT molecular complexity index is 904. The van der Waals surface area contributed by atoms with Crippen LogP contribution in [0.2, 0.25) is 0 Å². The summed E-state index contributed by atoms with van der Waals surface area (Å²) in [5, 5.41) is 0. The number of hydrogen-bond acceptors (Lipinski definition) is 3. The van der Waals surface area contributed by atoms with Crippen molar-refractivity contribution in [3.05, 3.63) is 70.6 Å². The summed E-state index contributed by atoms with van der Waals surface area (Å²) in [7, 11) is 0. The zero-order valence-electron chi connectivity index (χ0n) is 18.7. The number of aryl methyl sites for hydroxylation is 4. The Morgan fingerprint density at radius 1 is 1.17 bits per heavy atom. The number of ether oxygens (including phenoxy) is 1. The summed E-state index contributed by atoms with van der Waals surface area (Å²) in [4.78, 5) is 11.9. The highest BCUT2D eigenvalue weighted by molar-refractivity contribution is 5.74. The van der Waals surface area contributed by atoms with E-state index in [4.69, 9.17) is 10.5 Å². The maximum atomic E-state index is 14.9. The summed E-state index contributed by atoms with van der Waals surface area (Å²) < 4.78 is 19.9. The van der Waals surface area contributed by atoms with E-state index in [1.807, 2.05) is 12.1 Å². The summed E-state index contributed by atoms with van der Waals surface area (Å²) >= 11 is 0. The van der Waals surface area contributed by atoms with Gasteiger partial charge in [0.2, 0.25) is 0 Å². The Kier molecular flexibility index (Phi) is 8.79. The first-order valence-electron chi connectivity index (χ1n) is 10.7. The van der Waals surface area contributed by atoms with Crippen LogP contribution in [0.4, 0.5) is 4.39 Å². The Hall–Kier alpha value is -2.46. The summed E-state index contributed by atoms with van der Waals surface area (Å²) in [6, 6.07) is 7.30. The monoisotopic (exact) mass is 411 g/mol. The molecule has 2 rings (SSSR count). The van der Waals surface area contributed by atoms with Crippen molar-refractivity contribution < 1.29 is 13.9 Å². The number of esters is 1. The first-order chi connectivity index (χ1) is 14.3. The molecule has 0 fully saturated rings. The minimum atomic E-state index is -0.746. The smallest absolute Gasteiger partial charge is 0.307 e. The molecule has 0 heterocycles. The normalized spacial score (nSPS) is 11.9. The highest BCUT2D eigenvalue weighted by Gasteiger charge is 2.20. The van der Waals surface area contributed by atoms with Gasteiger partial charge in [-0.3, -0.25) is 4.79 Å². The largest absolute Gasteiger partial charge is 0.466 e. The number of carbonyl (C=O) groups is 1. The molecule has 0 amide bonds. The molecule has 30 heavy (non-hydrogen) atoms. The molecule has 0 aliphatic heterocycles. The third-order valence-corrected chi connectivity index (χ3v) is 5.33. The molecule has 3 nitrogen and oxygen atoms in total. The van der Waals surface area contributed by atoms with Gasteiger partial charge in [0.25, 0.3) is 0 Å². The van der Waals surface area contributed by atoms with Crippen molar-refractivity contribution in [2.45, 2.75) is 65.8 Å². The summed E-state index contributed by atoms with van der Waals surface area (Å²) in [6.45, 7) is 11.7. The van der Waals surface area contributed by atoms with Gasteiger partial charge in [-0.25, -0.2) is 4.39 Å². The Labute approximate surface area is 180 Å². The first kappa shape index (κ1) is 23.8. The molecular formula is C26H34FNO2. The van der Waals surface area contributed by atoms with Gasteiger partial charge >= 0.3 is 5.97 Å². The molecule has 1 atom stereocenters. The van der Waals surface area contributed by atoms with Gasteiger partial charge in [0.05, 0.1) is 13.0 Å². The van der Waals surface area contributed by atoms with Crippen LogP contribution in [-0.2, 0) is 16.0 Å². The molecule has 0 aliphatic rings. The SMILES string of the molecule is C=CCCCCc1cc(C)cc(C)c1-c1cc(C)c(F)c([C@@H](N)CC(=O)OCC)c1. The van der Waals surface area contributed by atoms with E-state index in [2.05, 4.69) is 32.6 Å². The van der Waals surface area contributed by atoms with E-state index >= 15 is 0 Å². The van der Waals surface area contributed by atoms with Crippen molar-refractivity contribution in [2.75, 3.05) is 6.61 Å². The number of unbranched alkanes of at least 4 members (excludes halogenated alkanes) is 2. The van der Waals surface area contributed by atoms with E-state index in [1.54, 1.807) is 19.9 Å². The lowest BCUT2D eigenvalue weighted by molar-refractivity contribution is -0.143. The molecule has 2 aromatic rings. The van der Waals surface area contributed by atoms with Crippen molar-refractivity contribution in [3.63, 3.8) is 0 Å². The van der Waals surface area contributed by atoms with Gasteiger partial charge in [0, 0.05) is 11.6 Å². The Balaban J connectivity index is 2.47. The molecule has 0 aromatic heterocycles. The average Bonchev–Trinajstić information content (AvgIpc) is 2.67. The zero-order valence-corrected chi connectivity index (χ0v) is 18.7. The molecule has 2 N–H and O–H groups in total. The maximum Gasteiger partial charge on any atom is 0.307 e. The lowest BCUT2D eigenvalue weighted by Crippen LogP contribution is -2.19. The van der Waals surface area contributed by atoms with Crippen molar-refractivity contribution in [2.24, 2.45) is 5.73 Å². The molecule has 0 bridgehead atoms. The van der Waals surface area contributed by atoms with Crippen LogP contribution in [0.1, 0.15) is 66.5 Å². The van der Waals surface area contributed by atoms with Crippen LogP contribution in [0.15, 0.2) is 36.9 Å². The zero-order chi connectivity index (χ0) is 22.3. The van der Waals surface area contributed by atoms with Gasteiger partial charge in [-0.05, 0) is 93.3 Å². The van der Waals surface area contributed by atoms with Crippen molar-refractivity contribution in [1.29, 1.82) is 0 Å². The second-order valence-electron chi connectivity index (χ2n) is 7.96. The molecule has 0 saturated carbocycles. The van der Waals surface area contributed by atoms with Crippen LogP contribution in [0.3, 0.4) is 0 Å². The molecule has 0 aliphatic carbocycles. The van der Waals surface area contributed by atoms with Crippen LogP contribution in [0, 0.1) is 26.6 Å². The first-order valence-corrected chi connectivity index (χ1v) is 10.7. The van der Waals surface area contributed by atoms with E-state index in [0.717, 1.165) is 42.4 Å². The molecule has 0 unspecified atom stereocenters. The molecule has 0 saturated heterocycles. The number of hydrogen-bond donors (Lipinski definition) is 1. The van der Waals surface area contributed by atoms with Gasteiger partial charge in [0.15, 0.2) is 0 Å². The van der Waals surface area contributed by atoms with Crippen LogP contribution < -0.4 is 5.73 Å². The second-order valence-corrected chi connectivity index (χ2v) is 7.96. The highest BCUT2D eigenvalue weighted by Crippen LogP contribution is 2.34. The number of halogens is 1. The van der Waals surface area contributed by atoms with E-state index in [9.17, 15) is 9.18 Å². The van der Waals surface area contributed by atoms with Crippen LogP contribution in [-0.4, -0.2) is 12.6 Å². The Morgan fingerprint density at radius 2 is 1.90 bits per heavy atom. The molecule has 0 radical (unpaired) electrons. The maximum absolute atomic E-state index is 14.9.